The van der Waals surface area contributed by atoms with E-state index in [1.165, 1.54) is 0 Å². The Morgan fingerprint density at radius 3 is 0.905 bits per heavy atom. The van der Waals surface area contributed by atoms with Crippen LogP contribution in [0.1, 0.15) is 79.1 Å². The van der Waals surface area contributed by atoms with Crippen molar-refractivity contribution in [1.29, 1.82) is 0 Å². The molecule has 0 saturated carbocycles. The van der Waals surface area contributed by atoms with Crippen LogP contribution in [0, 0.1) is 0 Å². The van der Waals surface area contributed by atoms with E-state index in [1.54, 1.807) is 0 Å². The molecular formula is C16H36O4Sb. The summed E-state index contributed by atoms with van der Waals surface area (Å²) < 4.78 is 24.2. The minimum absolute atomic E-state index is 0.687. The Morgan fingerprint density at radius 1 is 0.476 bits per heavy atom. The second kappa shape index (κ2) is 15.5. The summed E-state index contributed by atoms with van der Waals surface area (Å²) in [6.45, 7) is 11.4. The third-order valence-corrected chi connectivity index (χ3v) is 8.68. The fourth-order valence-corrected chi connectivity index (χ4v) is 6.81. The quantitative estimate of drug-likeness (QED) is 0.271. The van der Waals surface area contributed by atoms with E-state index in [2.05, 4.69) is 27.7 Å². The maximum atomic E-state index is 6.04. The van der Waals surface area contributed by atoms with Gasteiger partial charge in [-0.15, -0.1) is 0 Å². The van der Waals surface area contributed by atoms with E-state index in [4.69, 9.17) is 12.1 Å². The van der Waals surface area contributed by atoms with Crippen molar-refractivity contribution in [2.75, 3.05) is 26.4 Å². The van der Waals surface area contributed by atoms with E-state index in [0.717, 1.165) is 51.4 Å². The standard InChI is InChI=1S/4C4H9O.Sb/c4*1-2-3-4-5;/h4*2-4H2,1H3;/q4*-1;+4. The molecule has 0 aromatic rings. The third kappa shape index (κ3) is 11.8. The fourth-order valence-electron chi connectivity index (χ4n) is 1.51. The fraction of sp³-hybridized carbons (Fsp3) is 1.00. The first-order valence-corrected chi connectivity index (χ1v) is 12.9. The Kier molecular flexibility index (Phi) is 16.0. The van der Waals surface area contributed by atoms with Gasteiger partial charge in [0.05, 0.1) is 0 Å². The monoisotopic (exact) mass is 413 g/mol. The molecule has 0 heterocycles. The van der Waals surface area contributed by atoms with Gasteiger partial charge in [0.2, 0.25) is 0 Å². The molecule has 21 heavy (non-hydrogen) atoms. The van der Waals surface area contributed by atoms with Crippen molar-refractivity contribution >= 4 is 20.5 Å². The van der Waals surface area contributed by atoms with Crippen molar-refractivity contribution in [3.8, 4) is 0 Å². The van der Waals surface area contributed by atoms with Crippen molar-refractivity contribution in [1.82, 2.24) is 0 Å². The van der Waals surface area contributed by atoms with Gasteiger partial charge in [-0.2, -0.15) is 0 Å². The SMILES string of the molecule is CCCC[O][Sb]([O]CCCC)([O]CCCC)[O]CCCC. The molecule has 0 aromatic heterocycles. The Hall–Kier alpha value is 0.658. The first-order valence-electron chi connectivity index (χ1n) is 8.71. The van der Waals surface area contributed by atoms with Crippen LogP contribution >= 0.6 is 0 Å². The zero-order valence-electron chi connectivity index (χ0n) is 14.6. The Labute approximate surface area is 138 Å². The molecule has 0 N–H and O–H groups in total. The van der Waals surface area contributed by atoms with Crippen molar-refractivity contribution in [3.63, 3.8) is 0 Å². The second-order valence-electron chi connectivity index (χ2n) is 5.19. The summed E-state index contributed by atoms with van der Waals surface area (Å²) in [5.41, 5.74) is 0. The van der Waals surface area contributed by atoms with E-state index >= 15 is 0 Å². The van der Waals surface area contributed by atoms with Crippen LogP contribution in [0.3, 0.4) is 0 Å². The predicted octanol–water partition coefficient (Wildman–Crippen LogP) is 4.69. The molecule has 0 rings (SSSR count). The van der Waals surface area contributed by atoms with Crippen molar-refractivity contribution in [3.05, 3.63) is 0 Å². The molecule has 0 aliphatic carbocycles. The molecule has 1 radical (unpaired) electrons. The van der Waals surface area contributed by atoms with Crippen LogP contribution in [0.2, 0.25) is 0 Å². The van der Waals surface area contributed by atoms with Gasteiger partial charge in [-0.1, -0.05) is 0 Å². The average molecular weight is 414 g/mol. The topological polar surface area (TPSA) is 36.9 Å². The number of hydrogen-bond acceptors (Lipinski definition) is 4. The molecule has 0 aliphatic rings. The number of unbranched alkanes of at least 4 members (excludes halogenated alkanes) is 4. The summed E-state index contributed by atoms with van der Waals surface area (Å²) in [6.07, 6.45) is 8.56. The molecule has 0 saturated heterocycles. The average Bonchev–Trinajstić information content (AvgIpc) is 2.48. The Bertz CT molecular complexity index is 169. The van der Waals surface area contributed by atoms with Crippen molar-refractivity contribution in [2.24, 2.45) is 0 Å². The summed E-state index contributed by atoms with van der Waals surface area (Å²) in [5.74, 6) is 0. The van der Waals surface area contributed by atoms with Gasteiger partial charge in [-0.25, -0.2) is 0 Å². The predicted molar refractivity (Wildman–Crippen MR) is 89.2 cm³/mol. The van der Waals surface area contributed by atoms with Crippen LogP contribution in [-0.4, -0.2) is 46.9 Å². The van der Waals surface area contributed by atoms with Crippen molar-refractivity contribution in [2.45, 2.75) is 79.1 Å². The zero-order valence-corrected chi connectivity index (χ0v) is 17.1. The van der Waals surface area contributed by atoms with Gasteiger partial charge in [0.15, 0.2) is 0 Å². The van der Waals surface area contributed by atoms with E-state index < -0.39 is 20.5 Å². The van der Waals surface area contributed by atoms with Crippen LogP contribution in [0.15, 0.2) is 0 Å². The molecule has 0 bridgehead atoms. The second-order valence-corrected chi connectivity index (χ2v) is 10.7. The first-order chi connectivity index (χ1) is 10.2. The van der Waals surface area contributed by atoms with Gasteiger partial charge < -0.3 is 0 Å². The van der Waals surface area contributed by atoms with Crippen LogP contribution in [0.25, 0.3) is 0 Å². The zero-order chi connectivity index (χ0) is 15.8. The van der Waals surface area contributed by atoms with Gasteiger partial charge in [0.1, 0.15) is 0 Å². The van der Waals surface area contributed by atoms with E-state index in [1.807, 2.05) is 0 Å². The molecule has 0 amide bonds. The molecule has 0 unspecified atom stereocenters. The van der Waals surface area contributed by atoms with E-state index in [-0.39, 0.29) is 0 Å². The van der Waals surface area contributed by atoms with Gasteiger partial charge in [-0.05, 0) is 0 Å². The van der Waals surface area contributed by atoms with Gasteiger partial charge >= 0.3 is 138 Å². The minimum atomic E-state index is -3.67. The summed E-state index contributed by atoms with van der Waals surface area (Å²) in [5, 5.41) is 0. The van der Waals surface area contributed by atoms with Crippen LogP contribution in [0.5, 0.6) is 0 Å². The molecule has 0 spiro atoms. The summed E-state index contributed by atoms with van der Waals surface area (Å²) in [6, 6.07) is 0. The van der Waals surface area contributed by atoms with E-state index in [0.29, 0.717) is 26.4 Å². The van der Waals surface area contributed by atoms with Gasteiger partial charge in [0, 0.05) is 0 Å². The molecule has 5 heteroatoms. The molecule has 4 nitrogen and oxygen atoms in total. The van der Waals surface area contributed by atoms with E-state index in [9.17, 15) is 0 Å². The molecule has 0 aromatic carbocycles. The molecular weight excluding hydrogens is 378 g/mol. The van der Waals surface area contributed by atoms with Crippen molar-refractivity contribution < 1.29 is 12.1 Å². The molecule has 0 atom stereocenters. The molecule has 0 aliphatic heterocycles. The maximum absolute atomic E-state index is 6.04. The Morgan fingerprint density at radius 2 is 0.714 bits per heavy atom. The summed E-state index contributed by atoms with van der Waals surface area (Å²) in [4.78, 5) is 0. The summed E-state index contributed by atoms with van der Waals surface area (Å²) in [7, 11) is 0. The molecule has 129 valence electrons. The van der Waals surface area contributed by atoms with Gasteiger partial charge in [-0.3, -0.25) is 0 Å². The van der Waals surface area contributed by atoms with Crippen LogP contribution < -0.4 is 0 Å². The third-order valence-electron chi connectivity index (χ3n) is 2.99. The first kappa shape index (κ1) is 21.7. The van der Waals surface area contributed by atoms with Crippen LogP contribution in [0.4, 0.5) is 0 Å². The van der Waals surface area contributed by atoms with Crippen LogP contribution in [-0.2, 0) is 12.1 Å². The number of hydrogen-bond donors (Lipinski definition) is 0. The summed E-state index contributed by atoms with van der Waals surface area (Å²) >= 11 is -3.67. The molecule has 0 fully saturated rings. The number of rotatable bonds is 16. The van der Waals surface area contributed by atoms with Gasteiger partial charge in [0.25, 0.3) is 0 Å². The Balaban J connectivity index is 4.52. The normalized spacial score (nSPS) is 12.0.